The van der Waals surface area contributed by atoms with Crippen molar-refractivity contribution >= 4 is 17.4 Å². The molecule has 6 nitrogen and oxygen atoms in total. The van der Waals surface area contributed by atoms with Gasteiger partial charge in [0.25, 0.3) is 5.69 Å². The van der Waals surface area contributed by atoms with Crippen molar-refractivity contribution in [3.8, 4) is 0 Å². The van der Waals surface area contributed by atoms with Gasteiger partial charge in [0.05, 0.1) is 10.5 Å². The number of ketones is 1. The lowest BCUT2D eigenvalue weighted by Gasteiger charge is -2.16. The molecule has 0 radical (unpaired) electrons. The molecule has 0 fully saturated rings. The number of benzene rings is 2. The van der Waals surface area contributed by atoms with Gasteiger partial charge >= 0.3 is 5.97 Å². The van der Waals surface area contributed by atoms with E-state index in [4.69, 9.17) is 4.74 Å². The van der Waals surface area contributed by atoms with Crippen LogP contribution in [0.5, 0.6) is 0 Å². The number of rotatable bonds is 5. The number of aryl methyl sites for hydroxylation is 3. The predicted molar refractivity (Wildman–Crippen MR) is 95.5 cm³/mol. The molecule has 1 aliphatic carbocycles. The largest absolute Gasteiger partial charge is 0.454 e. The van der Waals surface area contributed by atoms with Crippen molar-refractivity contribution in [3.63, 3.8) is 0 Å². The number of nitrogens with zero attached hydrogens (tertiary/aromatic N) is 1. The molecule has 3 rings (SSSR count). The number of fused-ring (bicyclic) bond motifs is 1. The topological polar surface area (TPSA) is 86.5 Å². The molecule has 0 spiro atoms. The molecule has 0 aliphatic heterocycles. The minimum absolute atomic E-state index is 0.0561. The molecule has 0 saturated carbocycles. The lowest BCUT2D eigenvalue weighted by Crippen LogP contribution is -2.15. The second-order valence-corrected chi connectivity index (χ2v) is 6.45. The fourth-order valence-corrected chi connectivity index (χ4v) is 3.14. The van der Waals surface area contributed by atoms with Gasteiger partial charge in [0.15, 0.2) is 12.4 Å². The number of esters is 1. The minimum Gasteiger partial charge on any atom is -0.454 e. The van der Waals surface area contributed by atoms with Gasteiger partial charge < -0.3 is 4.74 Å². The van der Waals surface area contributed by atoms with E-state index in [1.54, 1.807) is 13.0 Å². The summed E-state index contributed by atoms with van der Waals surface area (Å²) in [5.41, 5.74) is 3.34. The van der Waals surface area contributed by atoms with Gasteiger partial charge in [-0.15, -0.1) is 0 Å². The van der Waals surface area contributed by atoms with Crippen molar-refractivity contribution in [1.29, 1.82) is 0 Å². The van der Waals surface area contributed by atoms with Gasteiger partial charge in [-0.3, -0.25) is 14.9 Å². The summed E-state index contributed by atoms with van der Waals surface area (Å²) in [5.74, 6) is -1.03. The van der Waals surface area contributed by atoms with E-state index < -0.39 is 10.9 Å². The molecule has 0 bridgehead atoms. The summed E-state index contributed by atoms with van der Waals surface area (Å²) in [4.78, 5) is 34.8. The highest BCUT2D eigenvalue weighted by Crippen LogP contribution is 2.23. The molecule has 6 heteroatoms. The van der Waals surface area contributed by atoms with E-state index in [9.17, 15) is 19.7 Å². The third-order valence-corrected chi connectivity index (χ3v) is 4.65. The lowest BCUT2D eigenvalue weighted by molar-refractivity contribution is -0.385. The van der Waals surface area contributed by atoms with Crippen LogP contribution in [0.3, 0.4) is 0 Å². The predicted octanol–water partition coefficient (Wildman–Crippen LogP) is 3.82. The van der Waals surface area contributed by atoms with Gasteiger partial charge in [-0.25, -0.2) is 4.79 Å². The molecule has 2 aromatic carbocycles. The molecule has 0 saturated heterocycles. The van der Waals surface area contributed by atoms with Crippen LogP contribution in [0.1, 0.15) is 50.2 Å². The van der Waals surface area contributed by atoms with Crippen LogP contribution in [-0.2, 0) is 17.6 Å². The Morgan fingerprint density at radius 3 is 2.46 bits per heavy atom. The molecule has 0 N–H and O–H groups in total. The second kappa shape index (κ2) is 7.47. The molecule has 0 amide bonds. The van der Waals surface area contributed by atoms with E-state index in [1.807, 2.05) is 12.1 Å². The Morgan fingerprint density at radius 1 is 1.04 bits per heavy atom. The van der Waals surface area contributed by atoms with E-state index in [2.05, 4.69) is 0 Å². The molecular formula is C20H19NO5. The number of nitro groups is 1. The maximum absolute atomic E-state index is 12.3. The number of ether oxygens (including phenoxy) is 1. The fourth-order valence-electron chi connectivity index (χ4n) is 3.14. The highest BCUT2D eigenvalue weighted by atomic mass is 16.6. The summed E-state index contributed by atoms with van der Waals surface area (Å²) in [6.45, 7) is 1.20. The molecule has 0 heterocycles. The molecule has 26 heavy (non-hydrogen) atoms. The maximum atomic E-state index is 12.3. The van der Waals surface area contributed by atoms with Crippen LogP contribution < -0.4 is 0 Å². The average Bonchev–Trinajstić information content (AvgIpc) is 2.65. The van der Waals surface area contributed by atoms with E-state index in [0.29, 0.717) is 11.1 Å². The van der Waals surface area contributed by atoms with Crippen molar-refractivity contribution in [3.05, 3.63) is 74.3 Å². The number of hydrogen-bond donors (Lipinski definition) is 0. The first-order chi connectivity index (χ1) is 12.5. The minimum atomic E-state index is -0.751. The first-order valence-corrected chi connectivity index (χ1v) is 8.53. The quantitative estimate of drug-likeness (QED) is 0.353. The molecule has 2 aromatic rings. The number of hydrogen-bond acceptors (Lipinski definition) is 5. The summed E-state index contributed by atoms with van der Waals surface area (Å²) in [5, 5.41) is 11.0. The maximum Gasteiger partial charge on any atom is 0.338 e. The Hall–Kier alpha value is -3.02. The van der Waals surface area contributed by atoms with Crippen LogP contribution >= 0.6 is 0 Å². The summed E-state index contributed by atoms with van der Waals surface area (Å²) in [6, 6.07) is 9.71. The van der Waals surface area contributed by atoms with Gasteiger partial charge in [0, 0.05) is 17.2 Å². The highest BCUT2D eigenvalue weighted by molar-refractivity contribution is 5.99. The molecule has 134 valence electrons. The standard InChI is InChI=1S/C20H19NO5/c1-13-6-7-17(11-18(13)21(24)25)20(23)26-12-19(22)16-9-8-14-4-2-3-5-15(14)10-16/h6-11H,2-5,12H2,1H3. The lowest BCUT2D eigenvalue weighted by atomic mass is 9.90. The van der Waals surface area contributed by atoms with Crippen LogP contribution in [0.2, 0.25) is 0 Å². The fraction of sp³-hybridized carbons (Fsp3) is 0.300. The van der Waals surface area contributed by atoms with Crippen molar-refractivity contribution in [2.45, 2.75) is 32.6 Å². The third-order valence-electron chi connectivity index (χ3n) is 4.65. The van der Waals surface area contributed by atoms with Crippen LogP contribution in [0.4, 0.5) is 5.69 Å². The number of carbonyl (C=O) groups is 2. The Morgan fingerprint density at radius 2 is 1.73 bits per heavy atom. The van der Waals surface area contributed by atoms with Crippen molar-refractivity contribution < 1.29 is 19.2 Å². The van der Waals surface area contributed by atoms with Gasteiger partial charge in [-0.2, -0.15) is 0 Å². The SMILES string of the molecule is Cc1ccc(C(=O)OCC(=O)c2ccc3c(c2)CCCC3)cc1[N+](=O)[O-]. The molecule has 0 aromatic heterocycles. The van der Waals surface area contributed by atoms with Crippen LogP contribution in [0.25, 0.3) is 0 Å². The zero-order valence-corrected chi connectivity index (χ0v) is 14.5. The number of carbonyl (C=O) groups excluding carboxylic acids is 2. The van der Waals surface area contributed by atoms with E-state index in [-0.39, 0.29) is 23.6 Å². The third kappa shape index (κ3) is 3.79. The Kier molecular flexibility index (Phi) is 5.11. The molecule has 1 aliphatic rings. The summed E-state index contributed by atoms with van der Waals surface area (Å²) < 4.78 is 5.05. The van der Waals surface area contributed by atoms with Gasteiger partial charge in [-0.05, 0) is 55.9 Å². The second-order valence-electron chi connectivity index (χ2n) is 6.45. The summed E-state index contributed by atoms with van der Waals surface area (Å²) >= 11 is 0. The van der Waals surface area contributed by atoms with Crippen LogP contribution in [0.15, 0.2) is 36.4 Å². The van der Waals surface area contributed by atoms with E-state index >= 15 is 0 Å². The van der Waals surface area contributed by atoms with Crippen LogP contribution in [-0.4, -0.2) is 23.3 Å². The van der Waals surface area contributed by atoms with Crippen molar-refractivity contribution in [1.82, 2.24) is 0 Å². The van der Waals surface area contributed by atoms with E-state index in [1.165, 1.54) is 35.7 Å². The zero-order valence-electron chi connectivity index (χ0n) is 14.5. The molecule has 0 unspecified atom stereocenters. The first-order valence-electron chi connectivity index (χ1n) is 8.53. The Labute approximate surface area is 150 Å². The van der Waals surface area contributed by atoms with Gasteiger partial charge in [0.1, 0.15) is 0 Å². The zero-order chi connectivity index (χ0) is 18.7. The smallest absolute Gasteiger partial charge is 0.338 e. The van der Waals surface area contributed by atoms with E-state index in [0.717, 1.165) is 19.3 Å². The van der Waals surface area contributed by atoms with Gasteiger partial charge in [0.2, 0.25) is 0 Å². The first kappa shape index (κ1) is 17.8. The highest BCUT2D eigenvalue weighted by Gasteiger charge is 2.18. The van der Waals surface area contributed by atoms with Crippen molar-refractivity contribution in [2.75, 3.05) is 6.61 Å². The normalized spacial score (nSPS) is 13.0. The Bertz CT molecular complexity index is 888. The summed E-state index contributed by atoms with van der Waals surface area (Å²) in [7, 11) is 0. The van der Waals surface area contributed by atoms with Gasteiger partial charge in [-0.1, -0.05) is 18.2 Å². The molecule has 0 atom stereocenters. The Balaban J connectivity index is 1.67. The van der Waals surface area contributed by atoms with Crippen LogP contribution in [0, 0.1) is 17.0 Å². The van der Waals surface area contributed by atoms with Crippen molar-refractivity contribution in [2.24, 2.45) is 0 Å². The average molecular weight is 353 g/mol. The monoisotopic (exact) mass is 353 g/mol. The number of nitro benzene ring substituents is 1. The summed E-state index contributed by atoms with van der Waals surface area (Å²) in [6.07, 6.45) is 4.28. The molecular weight excluding hydrogens is 334 g/mol. The number of Topliss-reactive ketones (excluding diaryl/α,β-unsaturated/α-hetero) is 1.